The first-order chi connectivity index (χ1) is 9.70. The zero-order chi connectivity index (χ0) is 14.4. The molecule has 2 N–H and O–H groups in total. The number of rotatable bonds is 6. The van der Waals surface area contributed by atoms with Crippen molar-refractivity contribution in [2.45, 2.75) is 25.9 Å². The molecule has 0 radical (unpaired) electrons. The Morgan fingerprint density at radius 2 is 1.70 bits per heavy atom. The summed E-state index contributed by atoms with van der Waals surface area (Å²) in [6.07, 6.45) is 0.887. The molecule has 0 saturated heterocycles. The van der Waals surface area contributed by atoms with E-state index in [1.54, 1.807) is 13.2 Å². The fraction of sp³-hybridized carbons (Fsp3) is 0.294. The lowest BCUT2D eigenvalue weighted by molar-refractivity contribution is 0.405. The largest absolute Gasteiger partial charge is 0.508 e. The van der Waals surface area contributed by atoms with Crippen molar-refractivity contribution >= 4 is 0 Å². The highest BCUT2D eigenvalue weighted by atomic mass is 16.5. The normalized spacial score (nSPS) is 12.1. The number of phenolic OH excluding ortho intramolecular Hbond substituents is 1. The Morgan fingerprint density at radius 3 is 2.40 bits per heavy atom. The predicted octanol–water partition coefficient (Wildman–Crippen LogP) is 3.12. The van der Waals surface area contributed by atoms with Gasteiger partial charge in [0.2, 0.25) is 0 Å². The van der Waals surface area contributed by atoms with Gasteiger partial charge in [0.1, 0.15) is 11.5 Å². The van der Waals surface area contributed by atoms with Gasteiger partial charge in [0.05, 0.1) is 7.11 Å². The molecule has 0 spiro atoms. The van der Waals surface area contributed by atoms with Crippen molar-refractivity contribution in [2.24, 2.45) is 0 Å². The maximum absolute atomic E-state index is 9.74. The van der Waals surface area contributed by atoms with Crippen LogP contribution in [0.5, 0.6) is 11.5 Å². The fourth-order valence-electron chi connectivity index (χ4n) is 2.22. The third-order valence-electron chi connectivity index (χ3n) is 3.35. The van der Waals surface area contributed by atoms with Crippen molar-refractivity contribution in [3.05, 3.63) is 59.7 Å². The molecule has 106 valence electrons. The van der Waals surface area contributed by atoms with Gasteiger partial charge < -0.3 is 15.2 Å². The van der Waals surface area contributed by atoms with E-state index in [0.717, 1.165) is 17.7 Å². The van der Waals surface area contributed by atoms with Crippen LogP contribution in [0.25, 0.3) is 0 Å². The zero-order valence-corrected chi connectivity index (χ0v) is 12.0. The summed E-state index contributed by atoms with van der Waals surface area (Å²) in [5, 5.41) is 13.2. The molecule has 0 bridgehead atoms. The van der Waals surface area contributed by atoms with Crippen LogP contribution in [0.1, 0.15) is 18.1 Å². The molecule has 3 nitrogen and oxygen atoms in total. The first-order valence-electron chi connectivity index (χ1n) is 6.83. The summed E-state index contributed by atoms with van der Waals surface area (Å²) in [6, 6.07) is 15.8. The molecule has 0 amide bonds. The number of hydrogen-bond acceptors (Lipinski definition) is 3. The first-order valence-corrected chi connectivity index (χ1v) is 6.83. The second-order valence-electron chi connectivity index (χ2n) is 4.93. The molecule has 0 fully saturated rings. The molecule has 0 aliphatic heterocycles. The van der Waals surface area contributed by atoms with Gasteiger partial charge in [0.15, 0.2) is 0 Å². The molecule has 0 saturated carbocycles. The molecule has 0 aromatic heterocycles. The number of ether oxygens (including phenoxy) is 1. The van der Waals surface area contributed by atoms with Crippen LogP contribution in [0.2, 0.25) is 0 Å². The molecule has 2 aromatic carbocycles. The number of para-hydroxylation sites is 2. The van der Waals surface area contributed by atoms with E-state index in [2.05, 4.69) is 18.3 Å². The van der Waals surface area contributed by atoms with Crippen LogP contribution in [0.15, 0.2) is 48.5 Å². The lowest BCUT2D eigenvalue weighted by Gasteiger charge is -2.16. The van der Waals surface area contributed by atoms with Gasteiger partial charge in [-0.1, -0.05) is 36.4 Å². The van der Waals surface area contributed by atoms with Gasteiger partial charge in [-0.15, -0.1) is 0 Å². The highest BCUT2D eigenvalue weighted by Gasteiger charge is 2.08. The molecule has 1 atom stereocenters. The van der Waals surface area contributed by atoms with E-state index in [1.165, 1.54) is 5.56 Å². The summed E-state index contributed by atoms with van der Waals surface area (Å²) in [4.78, 5) is 0. The second-order valence-corrected chi connectivity index (χ2v) is 4.93. The lowest BCUT2D eigenvalue weighted by atomic mass is 10.1. The number of nitrogens with one attached hydrogen (secondary N) is 1. The average molecular weight is 271 g/mol. The Labute approximate surface area is 120 Å². The van der Waals surface area contributed by atoms with E-state index in [9.17, 15) is 5.11 Å². The number of methoxy groups -OCH3 is 1. The number of hydrogen-bond donors (Lipinski definition) is 2. The van der Waals surface area contributed by atoms with Gasteiger partial charge in [-0.3, -0.25) is 0 Å². The van der Waals surface area contributed by atoms with E-state index in [0.29, 0.717) is 18.3 Å². The van der Waals surface area contributed by atoms with Crippen LogP contribution in [0, 0.1) is 0 Å². The minimum absolute atomic E-state index is 0.297. The summed E-state index contributed by atoms with van der Waals surface area (Å²) < 4.78 is 5.36. The van der Waals surface area contributed by atoms with Crippen molar-refractivity contribution in [1.29, 1.82) is 0 Å². The van der Waals surface area contributed by atoms with Gasteiger partial charge in [-0.25, -0.2) is 0 Å². The quantitative estimate of drug-likeness (QED) is 0.848. The van der Waals surface area contributed by atoms with Crippen LogP contribution in [-0.4, -0.2) is 18.3 Å². The summed E-state index contributed by atoms with van der Waals surface area (Å²) >= 11 is 0. The summed E-state index contributed by atoms with van der Waals surface area (Å²) in [5.41, 5.74) is 2.10. The van der Waals surface area contributed by atoms with Gasteiger partial charge in [0.25, 0.3) is 0 Å². The highest BCUT2D eigenvalue weighted by molar-refractivity contribution is 5.34. The van der Waals surface area contributed by atoms with E-state index in [4.69, 9.17) is 4.74 Å². The van der Waals surface area contributed by atoms with Crippen molar-refractivity contribution in [3.63, 3.8) is 0 Å². The van der Waals surface area contributed by atoms with E-state index >= 15 is 0 Å². The maximum atomic E-state index is 9.74. The number of aromatic hydroxyl groups is 1. The minimum atomic E-state index is 0.297. The molecule has 3 heteroatoms. The Balaban J connectivity index is 1.93. The SMILES string of the molecule is COc1ccccc1CC(C)NCc1ccccc1O. The standard InChI is InChI=1S/C17H21NO2/c1-13(11-14-7-4-6-10-17(14)20-2)18-12-15-8-3-5-9-16(15)19/h3-10,13,18-19H,11-12H2,1-2H3. The smallest absolute Gasteiger partial charge is 0.122 e. The predicted molar refractivity (Wildman–Crippen MR) is 81.1 cm³/mol. The highest BCUT2D eigenvalue weighted by Crippen LogP contribution is 2.19. The first kappa shape index (κ1) is 14.4. The number of benzene rings is 2. The summed E-state index contributed by atoms with van der Waals surface area (Å²) in [5.74, 6) is 1.26. The summed E-state index contributed by atoms with van der Waals surface area (Å²) in [6.45, 7) is 2.79. The van der Waals surface area contributed by atoms with Gasteiger partial charge in [0, 0.05) is 18.2 Å². The molecule has 2 rings (SSSR count). The van der Waals surface area contributed by atoms with Crippen LogP contribution >= 0.6 is 0 Å². The average Bonchev–Trinajstić information content (AvgIpc) is 2.47. The molecule has 0 heterocycles. The molecule has 0 aliphatic rings. The Bertz CT molecular complexity index is 554. The monoisotopic (exact) mass is 271 g/mol. The number of phenols is 1. The van der Waals surface area contributed by atoms with Crippen molar-refractivity contribution < 1.29 is 9.84 Å². The Hall–Kier alpha value is -2.00. The molecule has 2 aromatic rings. The molecule has 0 aliphatic carbocycles. The summed E-state index contributed by atoms with van der Waals surface area (Å²) in [7, 11) is 1.69. The van der Waals surface area contributed by atoms with Crippen LogP contribution in [-0.2, 0) is 13.0 Å². The topological polar surface area (TPSA) is 41.5 Å². The fourth-order valence-corrected chi connectivity index (χ4v) is 2.22. The Kier molecular flexibility index (Phi) is 5.02. The van der Waals surface area contributed by atoms with Gasteiger partial charge in [-0.2, -0.15) is 0 Å². The zero-order valence-electron chi connectivity index (χ0n) is 12.0. The van der Waals surface area contributed by atoms with Crippen molar-refractivity contribution in [1.82, 2.24) is 5.32 Å². The van der Waals surface area contributed by atoms with Crippen LogP contribution in [0.3, 0.4) is 0 Å². The molecule has 20 heavy (non-hydrogen) atoms. The van der Waals surface area contributed by atoms with Gasteiger partial charge in [-0.05, 0) is 31.0 Å². The molecular weight excluding hydrogens is 250 g/mol. The maximum Gasteiger partial charge on any atom is 0.122 e. The van der Waals surface area contributed by atoms with E-state index < -0.39 is 0 Å². The molecular formula is C17H21NO2. The third kappa shape index (κ3) is 3.75. The van der Waals surface area contributed by atoms with Crippen molar-refractivity contribution in [2.75, 3.05) is 7.11 Å². The third-order valence-corrected chi connectivity index (χ3v) is 3.35. The van der Waals surface area contributed by atoms with Crippen LogP contribution in [0.4, 0.5) is 0 Å². The molecule has 1 unspecified atom stereocenters. The Morgan fingerprint density at radius 1 is 1.05 bits per heavy atom. The van der Waals surface area contributed by atoms with E-state index in [1.807, 2.05) is 36.4 Å². The minimum Gasteiger partial charge on any atom is -0.508 e. The van der Waals surface area contributed by atoms with Crippen molar-refractivity contribution in [3.8, 4) is 11.5 Å². The van der Waals surface area contributed by atoms with Crippen LogP contribution < -0.4 is 10.1 Å². The second kappa shape index (κ2) is 6.96. The van der Waals surface area contributed by atoms with E-state index in [-0.39, 0.29) is 0 Å². The van der Waals surface area contributed by atoms with Gasteiger partial charge >= 0.3 is 0 Å². The lowest BCUT2D eigenvalue weighted by Crippen LogP contribution is -2.27.